The lowest BCUT2D eigenvalue weighted by atomic mass is 10.1. The zero-order chi connectivity index (χ0) is 16.3. The lowest BCUT2D eigenvalue weighted by Crippen LogP contribution is -2.49. The summed E-state index contributed by atoms with van der Waals surface area (Å²) in [7, 11) is 2.00. The van der Waals surface area contributed by atoms with Crippen LogP contribution >= 0.6 is 0 Å². The van der Waals surface area contributed by atoms with E-state index in [1.54, 1.807) is 0 Å². The highest BCUT2D eigenvalue weighted by atomic mass is 19.4. The predicted octanol–water partition coefficient (Wildman–Crippen LogP) is 2.65. The zero-order valence-electron chi connectivity index (χ0n) is 12.6. The van der Waals surface area contributed by atoms with Crippen molar-refractivity contribution in [1.29, 1.82) is 0 Å². The molecule has 2 atom stereocenters. The van der Waals surface area contributed by atoms with Crippen molar-refractivity contribution in [3.05, 3.63) is 35.1 Å². The van der Waals surface area contributed by atoms with E-state index in [0.717, 1.165) is 25.2 Å². The molecule has 1 N–H and O–H groups in total. The molecule has 0 aromatic heterocycles. The number of morpholine rings is 1. The Kier molecular flexibility index (Phi) is 5.41. The van der Waals surface area contributed by atoms with Gasteiger partial charge in [0.15, 0.2) is 0 Å². The van der Waals surface area contributed by atoms with Gasteiger partial charge >= 0.3 is 6.18 Å². The van der Waals surface area contributed by atoms with Crippen LogP contribution in [0.15, 0.2) is 18.2 Å². The number of benzene rings is 1. The molecule has 0 bridgehead atoms. The van der Waals surface area contributed by atoms with Crippen molar-refractivity contribution < 1.29 is 22.3 Å². The van der Waals surface area contributed by atoms with Crippen LogP contribution in [-0.2, 0) is 17.5 Å². The highest BCUT2D eigenvalue weighted by Crippen LogP contribution is 2.31. The van der Waals surface area contributed by atoms with Crippen LogP contribution in [-0.4, -0.2) is 43.8 Å². The topological polar surface area (TPSA) is 24.5 Å². The Morgan fingerprint density at radius 1 is 1.41 bits per heavy atom. The fourth-order valence-electron chi connectivity index (χ4n) is 2.42. The maximum absolute atomic E-state index is 13.2. The predicted molar refractivity (Wildman–Crippen MR) is 74.9 cm³/mol. The molecule has 1 aromatic carbocycles. The first kappa shape index (κ1) is 17.2. The minimum absolute atomic E-state index is 0.0119. The largest absolute Gasteiger partial charge is 0.419 e. The molecule has 124 valence electrons. The van der Waals surface area contributed by atoms with Gasteiger partial charge in [-0.1, -0.05) is 6.07 Å². The van der Waals surface area contributed by atoms with Crippen molar-refractivity contribution in [2.45, 2.75) is 31.8 Å². The third-order valence-electron chi connectivity index (χ3n) is 3.82. The summed E-state index contributed by atoms with van der Waals surface area (Å²) in [5, 5.41) is 3.15. The smallest absolute Gasteiger partial charge is 0.374 e. The first-order valence-corrected chi connectivity index (χ1v) is 7.16. The number of nitrogens with zero attached hydrogens (tertiary/aromatic N) is 1. The number of alkyl halides is 3. The number of halogens is 4. The maximum Gasteiger partial charge on any atom is 0.419 e. The monoisotopic (exact) mass is 320 g/mol. The number of nitrogens with one attached hydrogen (secondary N) is 1. The van der Waals surface area contributed by atoms with Crippen LogP contribution in [0.5, 0.6) is 0 Å². The van der Waals surface area contributed by atoms with Gasteiger partial charge in [0, 0.05) is 25.7 Å². The Bertz CT molecular complexity index is 507. The van der Waals surface area contributed by atoms with Gasteiger partial charge in [-0.05, 0) is 31.7 Å². The van der Waals surface area contributed by atoms with E-state index in [2.05, 4.69) is 10.2 Å². The van der Waals surface area contributed by atoms with E-state index in [4.69, 9.17) is 4.74 Å². The molecule has 0 radical (unpaired) electrons. The SMILES string of the molecule is C[C@H](NCc1ccc(F)c(C(F)(F)F)c1)[C@@H]1CN(C)CCO1. The van der Waals surface area contributed by atoms with Crippen molar-refractivity contribution >= 4 is 0 Å². The number of likely N-dealkylation sites (N-methyl/N-ethyl adjacent to an activating group) is 1. The van der Waals surface area contributed by atoms with Gasteiger partial charge in [0.25, 0.3) is 0 Å². The van der Waals surface area contributed by atoms with Crippen LogP contribution < -0.4 is 5.32 Å². The van der Waals surface area contributed by atoms with Crippen LogP contribution in [0.25, 0.3) is 0 Å². The highest BCUT2D eigenvalue weighted by molar-refractivity contribution is 5.27. The fraction of sp³-hybridized carbons (Fsp3) is 0.600. The summed E-state index contributed by atoms with van der Waals surface area (Å²) in [6, 6.07) is 3.05. The molecular weight excluding hydrogens is 300 g/mol. The van der Waals surface area contributed by atoms with E-state index in [0.29, 0.717) is 12.2 Å². The van der Waals surface area contributed by atoms with Gasteiger partial charge in [-0.2, -0.15) is 13.2 Å². The standard InChI is InChI=1S/C15H20F4N2O/c1-10(14-9-21(2)5-6-22-14)20-8-11-3-4-13(16)12(7-11)15(17,18)19/h3-4,7,10,14,20H,5-6,8-9H2,1-2H3/t10-,14-/m0/s1. The lowest BCUT2D eigenvalue weighted by Gasteiger charge is -2.34. The number of ether oxygens (including phenoxy) is 1. The van der Waals surface area contributed by atoms with Gasteiger partial charge in [-0.3, -0.25) is 0 Å². The summed E-state index contributed by atoms with van der Waals surface area (Å²) in [6.07, 6.45) is -4.69. The summed E-state index contributed by atoms with van der Waals surface area (Å²) in [6.45, 7) is 4.44. The third kappa shape index (κ3) is 4.41. The number of hydrogen-bond acceptors (Lipinski definition) is 3. The van der Waals surface area contributed by atoms with Gasteiger partial charge in [0.1, 0.15) is 5.82 Å². The summed E-state index contributed by atoms with van der Waals surface area (Å²) in [5.41, 5.74) is -0.835. The molecule has 22 heavy (non-hydrogen) atoms. The molecule has 1 heterocycles. The van der Waals surface area contributed by atoms with Crippen molar-refractivity contribution in [2.75, 3.05) is 26.7 Å². The molecule has 0 unspecified atom stereocenters. The minimum atomic E-state index is -4.68. The number of rotatable bonds is 4. The van der Waals surface area contributed by atoms with Crippen molar-refractivity contribution in [3.8, 4) is 0 Å². The van der Waals surface area contributed by atoms with Crippen LogP contribution in [0.1, 0.15) is 18.1 Å². The Balaban J connectivity index is 1.96. The quantitative estimate of drug-likeness (QED) is 0.863. The molecular formula is C15H20F4N2O. The van der Waals surface area contributed by atoms with Gasteiger partial charge in [0.2, 0.25) is 0 Å². The Labute approximate surface area is 127 Å². The fourth-order valence-corrected chi connectivity index (χ4v) is 2.42. The second kappa shape index (κ2) is 6.93. The van der Waals surface area contributed by atoms with E-state index in [1.807, 2.05) is 14.0 Å². The molecule has 1 aliphatic rings. The molecule has 1 fully saturated rings. The van der Waals surface area contributed by atoms with Gasteiger partial charge < -0.3 is 15.0 Å². The third-order valence-corrected chi connectivity index (χ3v) is 3.82. The first-order valence-electron chi connectivity index (χ1n) is 7.16. The lowest BCUT2D eigenvalue weighted by molar-refractivity contribution is -0.140. The van der Waals surface area contributed by atoms with Crippen molar-refractivity contribution in [2.24, 2.45) is 0 Å². The second-order valence-electron chi connectivity index (χ2n) is 5.65. The summed E-state index contributed by atoms with van der Waals surface area (Å²) < 4.78 is 56.9. The molecule has 7 heteroatoms. The van der Waals surface area contributed by atoms with E-state index in [9.17, 15) is 17.6 Å². The Morgan fingerprint density at radius 3 is 2.77 bits per heavy atom. The minimum Gasteiger partial charge on any atom is -0.374 e. The van der Waals surface area contributed by atoms with Crippen molar-refractivity contribution in [3.63, 3.8) is 0 Å². The van der Waals surface area contributed by atoms with E-state index in [1.165, 1.54) is 6.07 Å². The number of hydrogen-bond donors (Lipinski definition) is 1. The normalized spacial score (nSPS) is 21.8. The Hall–Kier alpha value is -1.18. The molecule has 0 aliphatic carbocycles. The maximum atomic E-state index is 13.2. The molecule has 3 nitrogen and oxygen atoms in total. The molecule has 1 aliphatic heterocycles. The second-order valence-corrected chi connectivity index (χ2v) is 5.65. The van der Waals surface area contributed by atoms with Crippen molar-refractivity contribution in [1.82, 2.24) is 10.2 Å². The highest BCUT2D eigenvalue weighted by Gasteiger charge is 2.34. The summed E-state index contributed by atoms with van der Waals surface area (Å²) in [5.74, 6) is -1.25. The van der Waals surface area contributed by atoms with Crippen LogP contribution in [0.2, 0.25) is 0 Å². The molecule has 0 spiro atoms. The van der Waals surface area contributed by atoms with Crippen LogP contribution in [0.3, 0.4) is 0 Å². The molecule has 1 aromatic rings. The summed E-state index contributed by atoms with van der Waals surface area (Å²) in [4.78, 5) is 2.14. The molecule has 2 rings (SSSR count). The van der Waals surface area contributed by atoms with E-state index < -0.39 is 17.6 Å². The average Bonchev–Trinajstić information content (AvgIpc) is 2.45. The first-order chi connectivity index (χ1) is 10.3. The van der Waals surface area contributed by atoms with Crippen LogP contribution in [0.4, 0.5) is 17.6 Å². The zero-order valence-corrected chi connectivity index (χ0v) is 12.6. The van der Waals surface area contributed by atoms with Gasteiger partial charge in [-0.25, -0.2) is 4.39 Å². The van der Waals surface area contributed by atoms with Gasteiger partial charge in [-0.15, -0.1) is 0 Å². The average molecular weight is 320 g/mol. The van der Waals surface area contributed by atoms with E-state index >= 15 is 0 Å². The van der Waals surface area contributed by atoms with Gasteiger partial charge in [0.05, 0.1) is 18.3 Å². The Morgan fingerprint density at radius 2 is 2.14 bits per heavy atom. The molecule has 0 amide bonds. The summed E-state index contributed by atoms with van der Waals surface area (Å²) >= 11 is 0. The molecule has 0 saturated carbocycles. The molecule has 1 saturated heterocycles. The van der Waals surface area contributed by atoms with E-state index in [-0.39, 0.29) is 18.7 Å². The van der Waals surface area contributed by atoms with Crippen LogP contribution in [0, 0.1) is 5.82 Å².